The summed E-state index contributed by atoms with van der Waals surface area (Å²) in [6, 6.07) is 5.54. The Balaban J connectivity index is 1.84. The van der Waals surface area contributed by atoms with Crippen LogP contribution in [0.4, 0.5) is 4.39 Å². The molecule has 1 aromatic heterocycles. The summed E-state index contributed by atoms with van der Waals surface area (Å²) in [7, 11) is -3.98. The van der Waals surface area contributed by atoms with Crippen LogP contribution < -0.4 is 21.1 Å². The Bertz CT molecular complexity index is 1110. The van der Waals surface area contributed by atoms with Crippen LogP contribution in [0.5, 0.6) is 5.75 Å². The van der Waals surface area contributed by atoms with Gasteiger partial charge in [0.05, 0.1) is 11.9 Å². The third kappa shape index (κ3) is 5.57. The van der Waals surface area contributed by atoms with Gasteiger partial charge in [-0.1, -0.05) is 13.0 Å². The maximum absolute atomic E-state index is 14.2. The maximum atomic E-state index is 14.2. The lowest BCUT2D eigenvalue weighted by atomic mass is 9.91. The minimum Gasteiger partial charge on any atom is -0.490 e. The molecule has 1 aromatic carbocycles. The third-order valence-electron chi connectivity index (χ3n) is 5.42. The van der Waals surface area contributed by atoms with Gasteiger partial charge in [-0.25, -0.2) is 22.7 Å². The highest BCUT2D eigenvalue weighted by Gasteiger charge is 2.32. The summed E-state index contributed by atoms with van der Waals surface area (Å²) < 4.78 is 45.7. The van der Waals surface area contributed by atoms with E-state index in [1.54, 1.807) is 0 Å². The van der Waals surface area contributed by atoms with Gasteiger partial charge in [-0.3, -0.25) is 9.78 Å². The number of halogens is 1. The smallest absolute Gasteiger partial charge is 0.328 e. The van der Waals surface area contributed by atoms with E-state index in [0.717, 1.165) is 12.8 Å². The van der Waals surface area contributed by atoms with Crippen LogP contribution >= 0.6 is 0 Å². The number of sulfonamides is 1. The number of hydrogen-bond acceptors (Lipinski definition) is 5. The molecule has 2 aromatic rings. The first kappa shape index (κ1) is 22.2. The number of nitrogens with one attached hydrogen (secondary N) is 1. The van der Waals surface area contributed by atoms with Crippen molar-refractivity contribution in [3.63, 3.8) is 0 Å². The number of H-pyrrole nitrogens is 1. The molecule has 0 saturated heterocycles. The summed E-state index contributed by atoms with van der Waals surface area (Å²) in [5.41, 5.74) is -0.547. The molecule has 1 aliphatic carbocycles. The van der Waals surface area contributed by atoms with Crippen LogP contribution in [0.1, 0.15) is 44.1 Å². The topological polar surface area (TPSA) is 124 Å². The standard InChI is InChI=1S/C20H26FN3O5S/c1-2-15(14-5-6-16(21)17(11-14)29-12-13-3-4-13)18(30(22,27)28)7-9-24-10-8-19(25)23-20(24)26/h5-6,8,10-11,13,15,18H,2-4,7,9,12H2,1H3,(H2,22,27,28)(H,23,25,26). The SMILES string of the molecule is CCC(c1ccc(F)c(OCC2CC2)c1)C(CCn1ccc(=O)[nH]c1=O)S(N)(=O)=O. The fourth-order valence-electron chi connectivity index (χ4n) is 3.55. The van der Waals surface area contributed by atoms with Crippen molar-refractivity contribution in [3.05, 3.63) is 62.7 Å². The molecule has 3 N–H and O–H groups in total. The van der Waals surface area contributed by atoms with E-state index >= 15 is 0 Å². The minimum absolute atomic E-state index is 0.0545. The number of rotatable bonds is 10. The summed E-state index contributed by atoms with van der Waals surface area (Å²) >= 11 is 0. The first-order chi connectivity index (χ1) is 14.2. The summed E-state index contributed by atoms with van der Waals surface area (Å²) in [6.07, 6.45) is 3.94. The molecule has 1 saturated carbocycles. The first-order valence-electron chi connectivity index (χ1n) is 9.92. The number of benzene rings is 1. The highest BCUT2D eigenvalue weighted by molar-refractivity contribution is 7.89. The maximum Gasteiger partial charge on any atom is 0.328 e. The van der Waals surface area contributed by atoms with Crippen molar-refractivity contribution in [2.24, 2.45) is 11.1 Å². The highest BCUT2D eigenvalue weighted by Crippen LogP contribution is 2.34. The molecule has 0 spiro atoms. The van der Waals surface area contributed by atoms with Crippen molar-refractivity contribution in [1.82, 2.24) is 9.55 Å². The third-order valence-corrected chi connectivity index (χ3v) is 6.83. The number of ether oxygens (including phenoxy) is 1. The Hall–Kier alpha value is -2.46. The Morgan fingerprint density at radius 3 is 2.63 bits per heavy atom. The van der Waals surface area contributed by atoms with E-state index in [9.17, 15) is 22.4 Å². The predicted octanol–water partition coefficient (Wildman–Crippen LogP) is 1.71. The van der Waals surface area contributed by atoms with E-state index in [4.69, 9.17) is 9.88 Å². The van der Waals surface area contributed by atoms with Crippen LogP contribution in [0.15, 0.2) is 40.1 Å². The Labute approximate surface area is 173 Å². The van der Waals surface area contributed by atoms with Gasteiger partial charge >= 0.3 is 5.69 Å². The van der Waals surface area contributed by atoms with Gasteiger partial charge in [0, 0.05) is 24.7 Å². The molecular weight excluding hydrogens is 413 g/mol. The van der Waals surface area contributed by atoms with Crippen molar-refractivity contribution in [2.75, 3.05) is 6.61 Å². The zero-order valence-corrected chi connectivity index (χ0v) is 17.5. The van der Waals surface area contributed by atoms with E-state index < -0.39 is 38.3 Å². The monoisotopic (exact) mass is 439 g/mol. The molecule has 10 heteroatoms. The second-order valence-electron chi connectivity index (χ2n) is 7.68. The molecule has 1 aliphatic rings. The zero-order chi connectivity index (χ0) is 21.9. The average Bonchev–Trinajstić information content (AvgIpc) is 3.49. The lowest BCUT2D eigenvalue weighted by Gasteiger charge is -2.25. The number of aromatic amines is 1. The van der Waals surface area contributed by atoms with E-state index in [2.05, 4.69) is 4.98 Å². The summed E-state index contributed by atoms with van der Waals surface area (Å²) in [5.74, 6) is -0.464. The number of nitrogens with two attached hydrogens (primary N) is 1. The molecule has 1 heterocycles. The first-order valence-corrected chi connectivity index (χ1v) is 11.5. The molecule has 0 aliphatic heterocycles. The molecule has 0 amide bonds. The molecule has 0 radical (unpaired) electrons. The second-order valence-corrected chi connectivity index (χ2v) is 9.46. The molecule has 8 nitrogen and oxygen atoms in total. The second kappa shape index (κ2) is 9.13. The van der Waals surface area contributed by atoms with Gasteiger partial charge in [-0.15, -0.1) is 0 Å². The number of aromatic nitrogens is 2. The average molecular weight is 440 g/mol. The van der Waals surface area contributed by atoms with Gasteiger partial charge in [0.15, 0.2) is 11.6 Å². The summed E-state index contributed by atoms with van der Waals surface area (Å²) in [5, 5.41) is 4.52. The van der Waals surface area contributed by atoms with Crippen molar-refractivity contribution >= 4 is 10.0 Å². The van der Waals surface area contributed by atoms with Crippen molar-refractivity contribution in [3.8, 4) is 5.75 Å². The molecule has 2 unspecified atom stereocenters. The van der Waals surface area contributed by atoms with Crippen LogP contribution in [-0.4, -0.2) is 29.8 Å². The largest absolute Gasteiger partial charge is 0.490 e. The Morgan fingerprint density at radius 1 is 1.30 bits per heavy atom. The summed E-state index contributed by atoms with van der Waals surface area (Å²) in [6.45, 7) is 2.31. The number of hydrogen-bond donors (Lipinski definition) is 2. The highest BCUT2D eigenvalue weighted by atomic mass is 32.2. The molecule has 164 valence electrons. The minimum atomic E-state index is -3.98. The molecule has 30 heavy (non-hydrogen) atoms. The van der Waals surface area contributed by atoms with Gasteiger partial charge in [0.2, 0.25) is 10.0 Å². The lowest BCUT2D eigenvalue weighted by Crippen LogP contribution is -2.36. The molecule has 2 atom stereocenters. The molecule has 0 bridgehead atoms. The number of nitrogens with zero attached hydrogens (tertiary/aromatic N) is 1. The fourth-order valence-corrected chi connectivity index (χ4v) is 4.79. The molecule has 3 rings (SSSR count). The van der Waals surface area contributed by atoms with E-state index in [1.165, 1.54) is 35.0 Å². The molecule has 1 fully saturated rings. The summed E-state index contributed by atoms with van der Waals surface area (Å²) in [4.78, 5) is 25.2. The van der Waals surface area contributed by atoms with Gasteiger partial charge < -0.3 is 9.30 Å². The van der Waals surface area contributed by atoms with E-state index in [0.29, 0.717) is 24.5 Å². The van der Waals surface area contributed by atoms with Crippen molar-refractivity contribution in [1.29, 1.82) is 0 Å². The quantitative estimate of drug-likeness (QED) is 0.583. The van der Waals surface area contributed by atoms with Crippen LogP contribution in [0.25, 0.3) is 0 Å². The normalized spacial score (nSPS) is 16.2. The van der Waals surface area contributed by atoms with Crippen molar-refractivity contribution in [2.45, 2.75) is 50.3 Å². The van der Waals surface area contributed by atoms with E-state index in [1.807, 2.05) is 6.92 Å². The van der Waals surface area contributed by atoms with Crippen LogP contribution in [-0.2, 0) is 16.6 Å². The molecular formula is C20H26FN3O5S. The number of primary sulfonamides is 1. The Kier molecular flexibility index (Phi) is 6.77. The van der Waals surface area contributed by atoms with Gasteiger partial charge in [-0.05, 0) is 49.3 Å². The van der Waals surface area contributed by atoms with Gasteiger partial charge in [-0.2, -0.15) is 0 Å². The van der Waals surface area contributed by atoms with Crippen LogP contribution in [0, 0.1) is 11.7 Å². The Morgan fingerprint density at radius 2 is 2.03 bits per heavy atom. The van der Waals surface area contributed by atoms with Gasteiger partial charge in [0.25, 0.3) is 5.56 Å². The van der Waals surface area contributed by atoms with Crippen molar-refractivity contribution < 1.29 is 17.5 Å². The van der Waals surface area contributed by atoms with Gasteiger partial charge in [0.1, 0.15) is 0 Å². The predicted molar refractivity (Wildman–Crippen MR) is 110 cm³/mol. The van der Waals surface area contributed by atoms with Crippen LogP contribution in [0.2, 0.25) is 0 Å². The number of aryl methyl sites for hydroxylation is 1. The fraction of sp³-hybridized carbons (Fsp3) is 0.500. The lowest BCUT2D eigenvalue weighted by molar-refractivity contribution is 0.284. The zero-order valence-electron chi connectivity index (χ0n) is 16.7. The van der Waals surface area contributed by atoms with E-state index in [-0.39, 0.29) is 18.7 Å². The van der Waals surface area contributed by atoms with Crippen LogP contribution in [0.3, 0.4) is 0 Å².